The lowest BCUT2D eigenvalue weighted by Crippen LogP contribution is -2.23. The average Bonchev–Trinajstić information content (AvgIpc) is 3.18. The highest BCUT2D eigenvalue weighted by Gasteiger charge is 2.31. The van der Waals surface area contributed by atoms with Crippen molar-refractivity contribution in [3.63, 3.8) is 0 Å². The zero-order chi connectivity index (χ0) is 15.8. The summed E-state index contributed by atoms with van der Waals surface area (Å²) in [6.45, 7) is 4.38. The predicted molar refractivity (Wildman–Crippen MR) is 91.8 cm³/mol. The molecule has 0 aromatic rings. The Labute approximate surface area is 137 Å². The molecule has 23 heavy (non-hydrogen) atoms. The summed E-state index contributed by atoms with van der Waals surface area (Å²) >= 11 is 0. The molecule has 0 bridgehead atoms. The topological polar surface area (TPSA) is 43.2 Å². The fraction of sp³-hybridized carbons (Fsp3) is 0.474. The fourth-order valence-corrected chi connectivity index (χ4v) is 3.41. The van der Waals surface area contributed by atoms with Gasteiger partial charge in [-0.15, -0.1) is 0 Å². The molecular formula is C19H22N2O2. The molecule has 4 nitrogen and oxygen atoms in total. The zero-order valence-electron chi connectivity index (χ0n) is 13.6. The maximum Gasteiger partial charge on any atom is 0.185 e. The van der Waals surface area contributed by atoms with E-state index in [-0.39, 0.29) is 24.3 Å². The average molecular weight is 310 g/mol. The van der Waals surface area contributed by atoms with E-state index in [0.717, 1.165) is 18.7 Å². The van der Waals surface area contributed by atoms with Gasteiger partial charge < -0.3 is 9.47 Å². The van der Waals surface area contributed by atoms with Gasteiger partial charge in [0.25, 0.3) is 0 Å². The first-order valence-corrected chi connectivity index (χ1v) is 8.42. The van der Waals surface area contributed by atoms with E-state index in [9.17, 15) is 0 Å². The molecule has 0 spiro atoms. The molecule has 4 aliphatic rings. The first-order valence-electron chi connectivity index (χ1n) is 8.42. The summed E-state index contributed by atoms with van der Waals surface area (Å²) in [5, 5.41) is 0. The van der Waals surface area contributed by atoms with Crippen LogP contribution in [0.4, 0.5) is 0 Å². The first-order chi connectivity index (χ1) is 11.2. The van der Waals surface area contributed by atoms with Crippen molar-refractivity contribution < 1.29 is 9.47 Å². The molecule has 5 atom stereocenters. The Balaban J connectivity index is 1.42. The Morgan fingerprint density at radius 3 is 2.91 bits per heavy atom. The van der Waals surface area contributed by atoms with Gasteiger partial charge in [-0.1, -0.05) is 43.7 Å². The maximum absolute atomic E-state index is 6.02. The van der Waals surface area contributed by atoms with Gasteiger partial charge in [-0.2, -0.15) is 0 Å². The normalized spacial score (nSPS) is 34.8. The lowest BCUT2D eigenvalue weighted by atomic mass is 9.90. The van der Waals surface area contributed by atoms with E-state index in [1.54, 1.807) is 6.40 Å². The van der Waals surface area contributed by atoms with Crippen molar-refractivity contribution in [1.29, 1.82) is 0 Å². The van der Waals surface area contributed by atoms with Crippen molar-refractivity contribution in [2.75, 3.05) is 0 Å². The SMILES string of the molecule is CCC1=CC2N=C(CC(C)C3=CC4OC=NC4C=C3)OC2C=C1. The predicted octanol–water partition coefficient (Wildman–Crippen LogP) is 3.38. The molecule has 2 aliphatic heterocycles. The van der Waals surface area contributed by atoms with Crippen LogP contribution in [0.15, 0.2) is 57.6 Å². The second-order valence-corrected chi connectivity index (χ2v) is 6.53. The summed E-state index contributed by atoms with van der Waals surface area (Å²) in [7, 11) is 0. The summed E-state index contributed by atoms with van der Waals surface area (Å²) in [5.74, 6) is 1.22. The van der Waals surface area contributed by atoms with E-state index < -0.39 is 0 Å². The molecule has 0 aromatic carbocycles. The molecule has 4 rings (SSSR count). The summed E-state index contributed by atoms with van der Waals surface area (Å²) < 4.78 is 11.5. The minimum absolute atomic E-state index is 0.0597. The van der Waals surface area contributed by atoms with Gasteiger partial charge in [-0.3, -0.25) is 0 Å². The summed E-state index contributed by atoms with van der Waals surface area (Å²) in [5.41, 5.74) is 2.62. The lowest BCUT2D eigenvalue weighted by molar-refractivity contribution is 0.244. The second kappa shape index (κ2) is 5.84. The van der Waals surface area contributed by atoms with Gasteiger partial charge in [0.05, 0.1) is 0 Å². The first kappa shape index (κ1) is 14.5. The van der Waals surface area contributed by atoms with Crippen LogP contribution < -0.4 is 0 Å². The number of hydrogen-bond donors (Lipinski definition) is 0. The third kappa shape index (κ3) is 2.78. The zero-order valence-corrected chi connectivity index (χ0v) is 13.6. The largest absolute Gasteiger partial charge is 0.474 e. The van der Waals surface area contributed by atoms with Crippen molar-refractivity contribution in [3.05, 3.63) is 47.6 Å². The van der Waals surface area contributed by atoms with Gasteiger partial charge in [0.15, 0.2) is 12.3 Å². The van der Waals surface area contributed by atoms with Crippen molar-refractivity contribution in [3.8, 4) is 0 Å². The Kier molecular flexibility index (Phi) is 3.68. The molecule has 0 saturated carbocycles. The lowest BCUT2D eigenvalue weighted by Gasteiger charge is -2.21. The van der Waals surface area contributed by atoms with Gasteiger partial charge in [-0.25, -0.2) is 9.98 Å². The third-order valence-corrected chi connectivity index (χ3v) is 4.87. The summed E-state index contributed by atoms with van der Waals surface area (Å²) in [6.07, 6.45) is 16.6. The van der Waals surface area contributed by atoms with E-state index in [4.69, 9.17) is 14.5 Å². The van der Waals surface area contributed by atoms with Gasteiger partial charge in [0, 0.05) is 6.42 Å². The molecule has 0 amide bonds. The fourth-order valence-electron chi connectivity index (χ4n) is 3.41. The molecule has 120 valence electrons. The number of allylic oxidation sites excluding steroid dienone is 4. The molecule has 0 saturated heterocycles. The highest BCUT2D eigenvalue weighted by molar-refractivity contribution is 5.79. The van der Waals surface area contributed by atoms with E-state index in [0.29, 0.717) is 5.92 Å². The van der Waals surface area contributed by atoms with Crippen LogP contribution in [-0.4, -0.2) is 36.6 Å². The van der Waals surface area contributed by atoms with Crippen molar-refractivity contribution in [1.82, 2.24) is 0 Å². The highest BCUT2D eigenvalue weighted by atomic mass is 16.5. The summed E-state index contributed by atoms with van der Waals surface area (Å²) in [6, 6.07) is 0.306. The Morgan fingerprint density at radius 1 is 1.13 bits per heavy atom. The Bertz CT molecular complexity index is 669. The highest BCUT2D eigenvalue weighted by Crippen LogP contribution is 2.30. The van der Waals surface area contributed by atoms with Crippen LogP contribution in [0.25, 0.3) is 0 Å². The maximum atomic E-state index is 6.02. The number of ether oxygens (including phenoxy) is 2. The Hall–Kier alpha value is -2.10. The van der Waals surface area contributed by atoms with Crippen LogP contribution in [0.5, 0.6) is 0 Å². The van der Waals surface area contributed by atoms with E-state index >= 15 is 0 Å². The summed E-state index contributed by atoms with van der Waals surface area (Å²) in [4.78, 5) is 9.05. The number of fused-ring (bicyclic) bond motifs is 2. The quantitative estimate of drug-likeness (QED) is 0.799. The molecule has 2 aliphatic carbocycles. The molecule has 0 N–H and O–H groups in total. The minimum Gasteiger partial charge on any atom is -0.474 e. The number of hydrogen-bond acceptors (Lipinski definition) is 4. The van der Waals surface area contributed by atoms with Crippen LogP contribution in [0.1, 0.15) is 26.7 Å². The third-order valence-electron chi connectivity index (χ3n) is 4.87. The van der Waals surface area contributed by atoms with Crippen molar-refractivity contribution in [2.24, 2.45) is 15.9 Å². The van der Waals surface area contributed by atoms with Gasteiger partial charge in [0.1, 0.15) is 24.3 Å². The van der Waals surface area contributed by atoms with Crippen LogP contribution in [-0.2, 0) is 9.47 Å². The van der Waals surface area contributed by atoms with Gasteiger partial charge >= 0.3 is 0 Å². The molecule has 0 aromatic heterocycles. The number of aliphatic imine (C=N–C) groups is 2. The molecule has 2 heterocycles. The minimum atomic E-state index is 0.0597. The van der Waals surface area contributed by atoms with Crippen LogP contribution >= 0.6 is 0 Å². The van der Waals surface area contributed by atoms with Gasteiger partial charge in [0.2, 0.25) is 0 Å². The van der Waals surface area contributed by atoms with Crippen LogP contribution in [0.2, 0.25) is 0 Å². The molecule has 0 fully saturated rings. The van der Waals surface area contributed by atoms with E-state index in [2.05, 4.69) is 55.3 Å². The standard InChI is InChI=1S/C19H22N2O2/c1-3-13-4-7-17-16(9-13)21-19(23-17)8-12(2)14-5-6-15-18(10-14)22-11-20-15/h4-7,9-12,15-18H,3,8H2,1-2H3. The molecule has 0 radical (unpaired) electrons. The van der Waals surface area contributed by atoms with Crippen molar-refractivity contribution >= 4 is 12.3 Å². The molecular weight excluding hydrogens is 288 g/mol. The Morgan fingerprint density at radius 2 is 2.04 bits per heavy atom. The van der Waals surface area contributed by atoms with Crippen molar-refractivity contribution in [2.45, 2.75) is 51.0 Å². The molecule has 5 unspecified atom stereocenters. The molecule has 4 heteroatoms. The number of rotatable bonds is 4. The van der Waals surface area contributed by atoms with E-state index in [1.807, 2.05) is 0 Å². The van der Waals surface area contributed by atoms with Crippen LogP contribution in [0, 0.1) is 5.92 Å². The van der Waals surface area contributed by atoms with Crippen LogP contribution in [0.3, 0.4) is 0 Å². The monoisotopic (exact) mass is 310 g/mol. The number of nitrogens with zero attached hydrogens (tertiary/aromatic N) is 2. The van der Waals surface area contributed by atoms with E-state index in [1.165, 1.54) is 11.1 Å². The smallest absolute Gasteiger partial charge is 0.185 e. The second-order valence-electron chi connectivity index (χ2n) is 6.53. The van der Waals surface area contributed by atoms with Gasteiger partial charge in [-0.05, 0) is 30.1 Å².